The quantitative estimate of drug-likeness (QED) is 0.470. The normalized spacial score (nSPS) is 12.2. The Balaban J connectivity index is 1.63. The monoisotopic (exact) mass is 469 g/mol. The topological polar surface area (TPSA) is 107 Å². The van der Waals surface area contributed by atoms with Crippen molar-refractivity contribution in [3.63, 3.8) is 0 Å². The molecule has 0 unspecified atom stereocenters. The first-order valence-electron chi connectivity index (χ1n) is 10.4. The summed E-state index contributed by atoms with van der Waals surface area (Å²) in [7, 11) is -2.41. The third kappa shape index (κ3) is 6.77. The summed E-state index contributed by atoms with van der Waals surface area (Å²) in [5, 5.41) is 2.71. The second-order valence-corrected chi connectivity index (χ2v) is 9.38. The second kappa shape index (κ2) is 10.9. The maximum absolute atomic E-state index is 12.8. The lowest BCUT2D eigenvalue weighted by atomic mass is 10.1. The number of pyridine rings is 1. The Morgan fingerprint density at radius 3 is 2.27 bits per heavy atom. The second-order valence-electron chi connectivity index (χ2n) is 7.67. The van der Waals surface area contributed by atoms with Gasteiger partial charge in [0.2, 0.25) is 21.8 Å². The number of rotatable bonds is 10. The van der Waals surface area contributed by atoms with Gasteiger partial charge in [-0.25, -0.2) is 13.4 Å². The van der Waals surface area contributed by atoms with E-state index in [1.807, 2.05) is 30.3 Å². The lowest BCUT2D eigenvalue weighted by Crippen LogP contribution is -2.47. The van der Waals surface area contributed by atoms with E-state index in [0.717, 1.165) is 5.56 Å². The number of nitrogens with zero attached hydrogens (tertiary/aromatic N) is 1. The number of nitrogens with one attached hydrogen (secondary N) is 2. The summed E-state index contributed by atoms with van der Waals surface area (Å²) >= 11 is 0. The van der Waals surface area contributed by atoms with Crippen LogP contribution in [-0.2, 0) is 21.4 Å². The number of sulfonamides is 1. The molecule has 2 aromatic carbocycles. The molecule has 9 heteroatoms. The molecule has 0 fully saturated rings. The van der Waals surface area contributed by atoms with Gasteiger partial charge in [-0.3, -0.25) is 4.79 Å². The fourth-order valence-electron chi connectivity index (χ4n) is 2.97. The molecule has 174 valence electrons. The lowest BCUT2D eigenvalue weighted by Gasteiger charge is -2.21. The number of anilines is 1. The molecule has 8 nitrogen and oxygen atoms in total. The van der Waals surface area contributed by atoms with E-state index < -0.39 is 22.0 Å². The average molecular weight is 470 g/mol. The van der Waals surface area contributed by atoms with Crippen molar-refractivity contribution >= 4 is 21.6 Å². The molecule has 33 heavy (non-hydrogen) atoms. The molecule has 1 amide bonds. The summed E-state index contributed by atoms with van der Waals surface area (Å²) in [5.74, 6) is 0.176. The van der Waals surface area contributed by atoms with Crippen molar-refractivity contribution in [3.8, 4) is 11.6 Å². The van der Waals surface area contributed by atoms with Gasteiger partial charge in [-0.15, -0.1) is 0 Å². The van der Waals surface area contributed by atoms with Crippen molar-refractivity contribution in [2.45, 2.75) is 31.4 Å². The number of benzene rings is 2. The Labute approximate surface area is 194 Å². The fraction of sp³-hybridized carbons (Fsp3) is 0.250. The van der Waals surface area contributed by atoms with Crippen LogP contribution in [-0.4, -0.2) is 32.5 Å². The maximum atomic E-state index is 12.8. The highest BCUT2D eigenvalue weighted by Crippen LogP contribution is 2.18. The van der Waals surface area contributed by atoms with Crippen LogP contribution in [0.3, 0.4) is 0 Å². The summed E-state index contributed by atoms with van der Waals surface area (Å²) < 4.78 is 38.7. The number of carbonyl (C=O) groups excluding carboxylic acids is 1. The molecule has 2 N–H and O–H groups in total. The third-order valence-electron chi connectivity index (χ3n) is 4.83. The van der Waals surface area contributed by atoms with E-state index in [1.54, 1.807) is 38.1 Å². The maximum Gasteiger partial charge on any atom is 0.242 e. The number of aromatic nitrogens is 1. The van der Waals surface area contributed by atoms with Crippen molar-refractivity contribution in [1.82, 2.24) is 9.71 Å². The molecular formula is C24H27N3O5S. The molecule has 1 aromatic heterocycles. The highest BCUT2D eigenvalue weighted by Gasteiger charge is 2.28. The largest absolute Gasteiger partial charge is 0.497 e. The van der Waals surface area contributed by atoms with Gasteiger partial charge in [-0.05, 0) is 41.8 Å². The summed E-state index contributed by atoms with van der Waals surface area (Å²) in [6, 6.07) is 18.0. The first kappa shape index (κ1) is 24.2. The highest BCUT2D eigenvalue weighted by molar-refractivity contribution is 7.89. The molecule has 1 heterocycles. The molecule has 0 saturated heterocycles. The summed E-state index contributed by atoms with van der Waals surface area (Å²) in [5.41, 5.74) is 1.45. The minimum absolute atomic E-state index is 0.0448. The van der Waals surface area contributed by atoms with Crippen LogP contribution in [0.4, 0.5) is 5.69 Å². The molecule has 3 aromatic rings. The summed E-state index contributed by atoms with van der Waals surface area (Å²) in [6.07, 6.45) is 1.47. The number of hydrogen-bond acceptors (Lipinski definition) is 6. The predicted octanol–water partition coefficient (Wildman–Crippen LogP) is 3.61. The van der Waals surface area contributed by atoms with E-state index in [4.69, 9.17) is 9.47 Å². The standard InChI is InChI=1S/C24H27N3O5S/c1-17(2)23(27-33(29,30)21-12-10-20(31-3)11-13-21)24(28)26-19-9-14-22(25-15-19)32-16-18-7-5-4-6-8-18/h4-15,17,23,27H,16H2,1-3H3,(H,26,28)/t23-/m0/s1. The van der Waals surface area contributed by atoms with Crippen LogP contribution < -0.4 is 19.5 Å². The molecule has 0 aliphatic heterocycles. The number of methoxy groups -OCH3 is 1. The van der Waals surface area contributed by atoms with Crippen LogP contribution in [0, 0.1) is 5.92 Å². The van der Waals surface area contributed by atoms with Crippen molar-refractivity contribution in [3.05, 3.63) is 78.5 Å². The summed E-state index contributed by atoms with van der Waals surface area (Å²) in [6.45, 7) is 3.90. The lowest BCUT2D eigenvalue weighted by molar-refractivity contribution is -0.118. The Kier molecular flexibility index (Phi) is 8.02. The number of hydrogen-bond donors (Lipinski definition) is 2. The van der Waals surface area contributed by atoms with E-state index in [-0.39, 0.29) is 10.8 Å². The van der Waals surface area contributed by atoms with E-state index in [2.05, 4.69) is 15.0 Å². The Morgan fingerprint density at radius 2 is 1.70 bits per heavy atom. The fourth-order valence-corrected chi connectivity index (χ4v) is 4.32. The smallest absolute Gasteiger partial charge is 0.242 e. The van der Waals surface area contributed by atoms with E-state index in [0.29, 0.717) is 23.9 Å². The molecular weight excluding hydrogens is 442 g/mol. The van der Waals surface area contributed by atoms with Crippen molar-refractivity contribution in [2.24, 2.45) is 5.92 Å². The van der Waals surface area contributed by atoms with Gasteiger partial charge in [0.1, 0.15) is 18.4 Å². The molecule has 0 aliphatic rings. The third-order valence-corrected chi connectivity index (χ3v) is 6.29. The van der Waals surface area contributed by atoms with E-state index >= 15 is 0 Å². The van der Waals surface area contributed by atoms with E-state index in [9.17, 15) is 13.2 Å². The van der Waals surface area contributed by atoms with Gasteiger partial charge in [0, 0.05) is 6.07 Å². The molecule has 0 spiro atoms. The number of carbonyl (C=O) groups is 1. The minimum atomic E-state index is -3.91. The Bertz CT molecular complexity index is 1150. The van der Waals surface area contributed by atoms with E-state index in [1.165, 1.54) is 25.4 Å². The van der Waals surface area contributed by atoms with Crippen LogP contribution >= 0.6 is 0 Å². The first-order valence-corrected chi connectivity index (χ1v) is 11.9. The van der Waals surface area contributed by atoms with Crippen LogP contribution in [0.1, 0.15) is 19.4 Å². The zero-order valence-electron chi connectivity index (χ0n) is 18.7. The zero-order chi connectivity index (χ0) is 23.8. The van der Waals surface area contributed by atoms with Crippen LogP contribution in [0.25, 0.3) is 0 Å². The Morgan fingerprint density at radius 1 is 1.00 bits per heavy atom. The number of ether oxygens (including phenoxy) is 2. The van der Waals surface area contributed by atoms with Crippen LogP contribution in [0.15, 0.2) is 77.8 Å². The number of amides is 1. The molecule has 1 atom stereocenters. The Hall–Kier alpha value is -3.43. The molecule has 0 radical (unpaired) electrons. The van der Waals surface area contributed by atoms with Crippen LogP contribution in [0.5, 0.6) is 11.6 Å². The first-order chi connectivity index (χ1) is 15.8. The van der Waals surface area contributed by atoms with Gasteiger partial charge in [0.25, 0.3) is 0 Å². The van der Waals surface area contributed by atoms with Gasteiger partial charge in [-0.2, -0.15) is 4.72 Å². The van der Waals surface area contributed by atoms with Crippen molar-refractivity contribution in [1.29, 1.82) is 0 Å². The molecule has 0 saturated carbocycles. The zero-order valence-corrected chi connectivity index (χ0v) is 19.5. The van der Waals surface area contributed by atoms with Crippen molar-refractivity contribution in [2.75, 3.05) is 12.4 Å². The van der Waals surface area contributed by atoms with Gasteiger partial charge >= 0.3 is 0 Å². The molecule has 3 rings (SSSR count). The average Bonchev–Trinajstić information content (AvgIpc) is 2.82. The summed E-state index contributed by atoms with van der Waals surface area (Å²) in [4.78, 5) is 17.1. The minimum Gasteiger partial charge on any atom is -0.497 e. The van der Waals surface area contributed by atoms with Gasteiger partial charge in [0.05, 0.1) is 23.9 Å². The highest BCUT2D eigenvalue weighted by atomic mass is 32.2. The SMILES string of the molecule is COc1ccc(S(=O)(=O)N[C@H](C(=O)Nc2ccc(OCc3ccccc3)nc2)C(C)C)cc1. The van der Waals surface area contributed by atoms with Gasteiger partial charge in [0.15, 0.2) is 0 Å². The van der Waals surface area contributed by atoms with Crippen molar-refractivity contribution < 1.29 is 22.7 Å². The predicted molar refractivity (Wildman–Crippen MR) is 126 cm³/mol. The van der Waals surface area contributed by atoms with Gasteiger partial charge < -0.3 is 14.8 Å². The van der Waals surface area contributed by atoms with Gasteiger partial charge in [-0.1, -0.05) is 44.2 Å². The molecule has 0 bridgehead atoms. The van der Waals surface area contributed by atoms with Crippen LogP contribution in [0.2, 0.25) is 0 Å². The molecule has 0 aliphatic carbocycles.